The smallest absolute Gasteiger partial charge is 0.339 e. The highest BCUT2D eigenvalue weighted by Gasteiger charge is 2.23. The quantitative estimate of drug-likeness (QED) is 0.869. The van der Waals surface area contributed by atoms with Gasteiger partial charge in [-0.15, -0.1) is 0 Å². The van der Waals surface area contributed by atoms with E-state index < -0.39 is 21.5 Å². The Morgan fingerprint density at radius 2 is 1.89 bits per heavy atom. The summed E-state index contributed by atoms with van der Waals surface area (Å²) in [7, 11) is -2.51. The fourth-order valence-corrected chi connectivity index (χ4v) is 3.04. The van der Waals surface area contributed by atoms with Crippen LogP contribution < -0.4 is 4.72 Å². The van der Waals surface area contributed by atoms with Gasteiger partial charge in [0.2, 0.25) is 10.0 Å². The molecule has 0 unspecified atom stereocenters. The number of hydrogen-bond acceptors (Lipinski definition) is 4. The summed E-state index contributed by atoms with van der Waals surface area (Å²) in [5, 5.41) is 0.140. The monoisotopic (exact) mass is 305 g/mol. The van der Waals surface area contributed by atoms with Gasteiger partial charge < -0.3 is 4.74 Å². The number of benzene rings is 1. The van der Waals surface area contributed by atoms with Crippen molar-refractivity contribution in [3.63, 3.8) is 0 Å². The second kappa shape index (κ2) is 5.48. The first kappa shape index (κ1) is 15.9. The predicted molar refractivity (Wildman–Crippen MR) is 72.9 cm³/mol. The number of methoxy groups -OCH3 is 1. The molecule has 0 radical (unpaired) electrons. The largest absolute Gasteiger partial charge is 0.465 e. The van der Waals surface area contributed by atoms with Crippen LogP contribution in [0.15, 0.2) is 23.1 Å². The van der Waals surface area contributed by atoms with Gasteiger partial charge in [-0.05, 0) is 39.0 Å². The third kappa shape index (κ3) is 4.19. The van der Waals surface area contributed by atoms with E-state index in [0.29, 0.717) is 0 Å². The normalized spacial score (nSPS) is 12.3. The van der Waals surface area contributed by atoms with Crippen molar-refractivity contribution in [2.75, 3.05) is 7.11 Å². The summed E-state index contributed by atoms with van der Waals surface area (Å²) in [6.07, 6.45) is 0. The molecule has 0 aliphatic heterocycles. The zero-order chi connectivity index (χ0) is 14.8. The molecule has 0 saturated heterocycles. The first-order chi connectivity index (χ1) is 8.57. The Kier molecular flexibility index (Phi) is 4.60. The number of ether oxygens (including phenoxy) is 1. The number of nitrogens with one attached hydrogen (secondary N) is 1. The van der Waals surface area contributed by atoms with Gasteiger partial charge in [-0.3, -0.25) is 0 Å². The molecule has 0 heterocycles. The van der Waals surface area contributed by atoms with Gasteiger partial charge in [-0.1, -0.05) is 11.6 Å². The van der Waals surface area contributed by atoms with Crippen molar-refractivity contribution in [2.24, 2.45) is 0 Å². The van der Waals surface area contributed by atoms with Gasteiger partial charge in [0.15, 0.2) is 0 Å². The lowest BCUT2D eigenvalue weighted by molar-refractivity contribution is 0.0600. The molecule has 7 heteroatoms. The Labute approximate surface area is 118 Å². The summed E-state index contributed by atoms with van der Waals surface area (Å²) < 4.78 is 31.3. The van der Waals surface area contributed by atoms with E-state index in [0.717, 1.165) is 0 Å². The Balaban J connectivity index is 3.26. The molecule has 0 atom stereocenters. The van der Waals surface area contributed by atoms with Crippen LogP contribution in [0.5, 0.6) is 0 Å². The van der Waals surface area contributed by atoms with Gasteiger partial charge in [-0.2, -0.15) is 0 Å². The fourth-order valence-electron chi connectivity index (χ4n) is 1.40. The van der Waals surface area contributed by atoms with E-state index in [4.69, 9.17) is 11.6 Å². The Hall–Kier alpha value is -1.11. The standard InChI is InChI=1S/C12H16ClNO4S/c1-12(2,3)14-19(16,17)8-5-6-10(13)9(7-8)11(15)18-4/h5-7,14H,1-4H3. The van der Waals surface area contributed by atoms with Crippen molar-refractivity contribution in [1.82, 2.24) is 4.72 Å². The topological polar surface area (TPSA) is 72.5 Å². The van der Waals surface area contributed by atoms with Gasteiger partial charge in [0.05, 0.1) is 22.6 Å². The highest BCUT2D eigenvalue weighted by Crippen LogP contribution is 2.22. The molecule has 0 aliphatic carbocycles. The van der Waals surface area contributed by atoms with Crippen LogP contribution in [0.2, 0.25) is 5.02 Å². The predicted octanol–water partition coefficient (Wildman–Crippen LogP) is 2.20. The maximum Gasteiger partial charge on any atom is 0.339 e. The maximum absolute atomic E-state index is 12.1. The molecule has 0 saturated carbocycles. The number of carbonyl (C=O) groups excluding carboxylic acids is 1. The lowest BCUT2D eigenvalue weighted by atomic mass is 10.1. The summed E-state index contributed by atoms with van der Waals surface area (Å²) in [5.74, 6) is -0.683. The van der Waals surface area contributed by atoms with E-state index in [-0.39, 0.29) is 15.5 Å². The summed E-state index contributed by atoms with van der Waals surface area (Å²) in [6, 6.07) is 3.89. The van der Waals surface area contributed by atoms with Gasteiger partial charge in [-0.25, -0.2) is 17.9 Å². The van der Waals surface area contributed by atoms with E-state index in [1.807, 2.05) is 0 Å². The van der Waals surface area contributed by atoms with Gasteiger partial charge in [0.25, 0.3) is 0 Å². The van der Waals surface area contributed by atoms with E-state index in [2.05, 4.69) is 9.46 Å². The molecule has 19 heavy (non-hydrogen) atoms. The minimum atomic E-state index is -3.72. The van der Waals surface area contributed by atoms with Crippen molar-refractivity contribution < 1.29 is 17.9 Å². The zero-order valence-corrected chi connectivity index (χ0v) is 12.7. The molecule has 1 aromatic carbocycles. The Morgan fingerprint density at radius 3 is 2.37 bits per heavy atom. The molecule has 106 valence electrons. The molecule has 1 N–H and O–H groups in total. The molecule has 0 bridgehead atoms. The molecule has 0 fully saturated rings. The van der Waals surface area contributed by atoms with Crippen molar-refractivity contribution in [1.29, 1.82) is 0 Å². The molecule has 1 rings (SSSR count). The van der Waals surface area contributed by atoms with Crippen molar-refractivity contribution in [3.05, 3.63) is 28.8 Å². The van der Waals surface area contributed by atoms with E-state index in [1.54, 1.807) is 20.8 Å². The van der Waals surface area contributed by atoms with Crippen LogP contribution in [0.1, 0.15) is 31.1 Å². The lowest BCUT2D eigenvalue weighted by Gasteiger charge is -2.20. The van der Waals surface area contributed by atoms with Crippen molar-refractivity contribution in [3.8, 4) is 0 Å². The number of carbonyl (C=O) groups is 1. The number of esters is 1. The minimum absolute atomic E-state index is 0.0148. The fraction of sp³-hybridized carbons (Fsp3) is 0.417. The SMILES string of the molecule is COC(=O)c1cc(S(=O)(=O)NC(C)(C)C)ccc1Cl. The van der Waals surface area contributed by atoms with Crippen molar-refractivity contribution >= 4 is 27.6 Å². The van der Waals surface area contributed by atoms with Crippen LogP contribution in [0.25, 0.3) is 0 Å². The zero-order valence-electron chi connectivity index (χ0n) is 11.2. The van der Waals surface area contributed by atoms with Crippen molar-refractivity contribution in [2.45, 2.75) is 31.2 Å². The van der Waals surface area contributed by atoms with Crippen LogP contribution in [-0.4, -0.2) is 27.0 Å². The number of sulfonamides is 1. The Morgan fingerprint density at radius 1 is 1.32 bits per heavy atom. The minimum Gasteiger partial charge on any atom is -0.465 e. The lowest BCUT2D eigenvalue weighted by Crippen LogP contribution is -2.40. The van der Waals surface area contributed by atoms with E-state index >= 15 is 0 Å². The van der Waals surface area contributed by atoms with E-state index in [9.17, 15) is 13.2 Å². The van der Waals surface area contributed by atoms with Crippen LogP contribution in [0.3, 0.4) is 0 Å². The average Bonchev–Trinajstić information content (AvgIpc) is 2.25. The first-order valence-electron chi connectivity index (χ1n) is 5.49. The average molecular weight is 306 g/mol. The Bertz CT molecular complexity index is 590. The molecule has 0 aromatic heterocycles. The van der Waals surface area contributed by atoms with Crippen LogP contribution in [0.4, 0.5) is 0 Å². The summed E-state index contributed by atoms with van der Waals surface area (Å²) >= 11 is 5.84. The van der Waals surface area contributed by atoms with Crippen LogP contribution in [0, 0.1) is 0 Å². The summed E-state index contributed by atoms with van der Waals surface area (Å²) in [5.41, 5.74) is -0.606. The van der Waals surface area contributed by atoms with Gasteiger partial charge in [0, 0.05) is 5.54 Å². The second-order valence-corrected chi connectivity index (χ2v) is 7.08. The number of halogens is 1. The molecular formula is C12H16ClNO4S. The van der Waals surface area contributed by atoms with Crippen LogP contribution in [-0.2, 0) is 14.8 Å². The maximum atomic E-state index is 12.1. The summed E-state index contributed by atoms with van der Waals surface area (Å²) in [4.78, 5) is 11.4. The number of hydrogen-bond donors (Lipinski definition) is 1. The molecule has 0 amide bonds. The third-order valence-corrected chi connectivity index (χ3v) is 4.18. The summed E-state index contributed by atoms with van der Waals surface area (Å²) in [6.45, 7) is 5.17. The first-order valence-corrected chi connectivity index (χ1v) is 7.35. The third-order valence-electron chi connectivity index (χ3n) is 2.09. The van der Waals surface area contributed by atoms with Gasteiger partial charge >= 0.3 is 5.97 Å². The highest BCUT2D eigenvalue weighted by atomic mass is 35.5. The molecular weight excluding hydrogens is 290 g/mol. The van der Waals surface area contributed by atoms with Gasteiger partial charge in [0.1, 0.15) is 0 Å². The molecule has 0 spiro atoms. The highest BCUT2D eigenvalue weighted by molar-refractivity contribution is 7.89. The van der Waals surface area contributed by atoms with Crippen LogP contribution >= 0.6 is 11.6 Å². The van der Waals surface area contributed by atoms with E-state index in [1.165, 1.54) is 25.3 Å². The second-order valence-electron chi connectivity index (χ2n) is 4.99. The molecule has 1 aromatic rings. The number of rotatable bonds is 3. The molecule has 5 nitrogen and oxygen atoms in total. The molecule has 0 aliphatic rings.